The van der Waals surface area contributed by atoms with Crippen molar-refractivity contribution < 1.29 is 13.9 Å². The molecule has 0 atom stereocenters. The monoisotopic (exact) mass is 496 g/mol. The van der Waals surface area contributed by atoms with E-state index in [1.807, 2.05) is 24.3 Å². The molecule has 0 radical (unpaired) electrons. The van der Waals surface area contributed by atoms with Crippen LogP contribution in [0.1, 0.15) is 12.0 Å². The molecule has 190 valence electrons. The van der Waals surface area contributed by atoms with E-state index in [1.54, 1.807) is 30.1 Å². The smallest absolute Gasteiger partial charge is 0.326 e. The number of para-hydroxylation sites is 2. The first-order valence-corrected chi connectivity index (χ1v) is 11.2. The SMILES string of the molecule is CN(CCCNCc1ccc(-c2c[nH]c(NC(=O)Nc3ccccc3OCF)nc2=O)cc1)C(=N)N. The Morgan fingerprint density at radius 1 is 1.19 bits per heavy atom. The van der Waals surface area contributed by atoms with Gasteiger partial charge in [-0.05, 0) is 36.2 Å². The van der Waals surface area contributed by atoms with Gasteiger partial charge in [0.15, 0.2) is 5.96 Å². The van der Waals surface area contributed by atoms with Crippen LogP contribution in [0.15, 0.2) is 59.5 Å². The number of guanidine groups is 1. The van der Waals surface area contributed by atoms with Gasteiger partial charge < -0.3 is 31.0 Å². The van der Waals surface area contributed by atoms with E-state index in [4.69, 9.17) is 15.9 Å². The van der Waals surface area contributed by atoms with Crippen LogP contribution < -0.4 is 32.0 Å². The van der Waals surface area contributed by atoms with Crippen molar-refractivity contribution in [2.75, 3.05) is 37.6 Å². The van der Waals surface area contributed by atoms with Crippen LogP contribution >= 0.6 is 0 Å². The minimum atomic E-state index is -1.03. The molecule has 2 aromatic carbocycles. The number of H-pyrrole nitrogens is 1. The number of urea groups is 1. The van der Waals surface area contributed by atoms with Gasteiger partial charge in [-0.1, -0.05) is 36.4 Å². The minimum absolute atomic E-state index is 0.0404. The molecule has 0 saturated carbocycles. The summed E-state index contributed by atoms with van der Waals surface area (Å²) in [6, 6.07) is 13.2. The van der Waals surface area contributed by atoms with Gasteiger partial charge in [0.1, 0.15) is 5.75 Å². The lowest BCUT2D eigenvalue weighted by atomic mass is 10.1. The minimum Gasteiger partial charge on any atom is -0.461 e. The number of nitrogens with one attached hydrogen (secondary N) is 5. The first-order valence-electron chi connectivity index (χ1n) is 11.2. The molecule has 3 aromatic rings. The van der Waals surface area contributed by atoms with Gasteiger partial charge in [-0.15, -0.1) is 0 Å². The van der Waals surface area contributed by atoms with Crippen LogP contribution in [0.4, 0.5) is 20.8 Å². The fourth-order valence-corrected chi connectivity index (χ4v) is 3.28. The average molecular weight is 497 g/mol. The number of ether oxygens (including phenoxy) is 1. The van der Waals surface area contributed by atoms with Gasteiger partial charge in [0.2, 0.25) is 12.8 Å². The zero-order valence-corrected chi connectivity index (χ0v) is 19.8. The summed E-state index contributed by atoms with van der Waals surface area (Å²) in [4.78, 5) is 33.2. The molecule has 2 amide bonds. The molecule has 11 nitrogen and oxygen atoms in total. The summed E-state index contributed by atoms with van der Waals surface area (Å²) in [6.45, 7) is 1.11. The number of nitrogens with two attached hydrogens (primary N) is 1. The number of aromatic nitrogens is 2. The Morgan fingerprint density at radius 3 is 2.64 bits per heavy atom. The van der Waals surface area contributed by atoms with Crippen LogP contribution in [0.25, 0.3) is 11.1 Å². The quantitative estimate of drug-likeness (QED) is 0.135. The Kier molecular flexibility index (Phi) is 9.34. The fraction of sp³-hybridized carbons (Fsp3) is 0.250. The zero-order valence-electron chi connectivity index (χ0n) is 19.8. The molecule has 3 rings (SSSR count). The molecular weight excluding hydrogens is 467 g/mol. The summed E-state index contributed by atoms with van der Waals surface area (Å²) in [5, 5.41) is 15.6. The number of aromatic amines is 1. The molecule has 36 heavy (non-hydrogen) atoms. The Bertz CT molecular complexity index is 1230. The second-order valence-corrected chi connectivity index (χ2v) is 7.83. The normalized spacial score (nSPS) is 10.5. The number of hydrogen-bond acceptors (Lipinski definition) is 6. The third kappa shape index (κ3) is 7.53. The second-order valence-electron chi connectivity index (χ2n) is 7.83. The Labute approximate surface area is 207 Å². The molecule has 0 spiro atoms. The van der Waals surface area contributed by atoms with E-state index in [0.29, 0.717) is 24.2 Å². The lowest BCUT2D eigenvalue weighted by Crippen LogP contribution is -2.34. The van der Waals surface area contributed by atoms with E-state index in [1.165, 1.54) is 12.3 Å². The Hall–Kier alpha value is -4.45. The highest BCUT2D eigenvalue weighted by Crippen LogP contribution is 2.24. The first-order chi connectivity index (χ1) is 17.4. The van der Waals surface area contributed by atoms with E-state index in [-0.39, 0.29) is 23.3 Å². The van der Waals surface area contributed by atoms with E-state index in [9.17, 15) is 14.0 Å². The first kappa shape index (κ1) is 26.2. The molecule has 0 aliphatic heterocycles. The van der Waals surface area contributed by atoms with Gasteiger partial charge in [-0.2, -0.15) is 4.98 Å². The maximum Gasteiger partial charge on any atom is 0.326 e. The van der Waals surface area contributed by atoms with E-state index in [2.05, 4.69) is 25.9 Å². The largest absolute Gasteiger partial charge is 0.461 e. The average Bonchev–Trinajstić information content (AvgIpc) is 2.85. The summed E-state index contributed by atoms with van der Waals surface area (Å²) >= 11 is 0. The maximum absolute atomic E-state index is 12.5. The van der Waals surface area contributed by atoms with Crippen LogP contribution in [0.3, 0.4) is 0 Å². The van der Waals surface area contributed by atoms with E-state index >= 15 is 0 Å². The van der Waals surface area contributed by atoms with Gasteiger partial charge in [0.25, 0.3) is 5.56 Å². The van der Waals surface area contributed by atoms with Crippen LogP contribution in [0, 0.1) is 5.41 Å². The van der Waals surface area contributed by atoms with Crippen molar-refractivity contribution in [1.82, 2.24) is 20.2 Å². The van der Waals surface area contributed by atoms with Gasteiger partial charge >= 0.3 is 6.03 Å². The molecular formula is C24H29FN8O3. The van der Waals surface area contributed by atoms with Gasteiger partial charge in [-0.25, -0.2) is 9.18 Å². The number of hydrogen-bond donors (Lipinski definition) is 6. The highest BCUT2D eigenvalue weighted by atomic mass is 19.1. The summed E-state index contributed by atoms with van der Waals surface area (Å²) in [6.07, 6.45) is 2.33. The highest BCUT2D eigenvalue weighted by Gasteiger charge is 2.11. The Morgan fingerprint density at radius 2 is 1.94 bits per heavy atom. The molecule has 0 saturated heterocycles. The number of nitrogens with zero attached hydrogens (tertiary/aromatic N) is 2. The molecule has 1 aromatic heterocycles. The molecule has 0 unspecified atom stereocenters. The highest BCUT2D eigenvalue weighted by molar-refractivity contribution is 5.99. The predicted octanol–water partition coefficient (Wildman–Crippen LogP) is 2.69. The number of anilines is 2. The number of carbonyl (C=O) groups is 1. The molecule has 0 aliphatic carbocycles. The van der Waals surface area contributed by atoms with E-state index < -0.39 is 18.5 Å². The third-order valence-electron chi connectivity index (χ3n) is 5.23. The summed E-state index contributed by atoms with van der Waals surface area (Å²) in [7, 11) is 1.78. The van der Waals surface area contributed by atoms with Crippen LogP contribution in [0.5, 0.6) is 5.75 Å². The van der Waals surface area contributed by atoms with Crippen molar-refractivity contribution in [3.8, 4) is 16.9 Å². The topological polar surface area (TPSA) is 161 Å². The van der Waals surface area contributed by atoms with Crippen molar-refractivity contribution in [2.24, 2.45) is 5.73 Å². The van der Waals surface area contributed by atoms with Crippen LogP contribution in [0.2, 0.25) is 0 Å². The zero-order chi connectivity index (χ0) is 25.9. The lowest BCUT2D eigenvalue weighted by Gasteiger charge is -2.16. The molecule has 1 heterocycles. The predicted molar refractivity (Wildman–Crippen MR) is 137 cm³/mol. The van der Waals surface area contributed by atoms with E-state index in [0.717, 1.165) is 18.5 Å². The van der Waals surface area contributed by atoms with Crippen molar-refractivity contribution in [3.05, 3.63) is 70.6 Å². The summed E-state index contributed by atoms with van der Waals surface area (Å²) < 4.78 is 17.3. The summed E-state index contributed by atoms with van der Waals surface area (Å²) in [5.41, 5.74) is 7.26. The van der Waals surface area contributed by atoms with Crippen molar-refractivity contribution in [3.63, 3.8) is 0 Å². The molecule has 7 N–H and O–H groups in total. The number of benzene rings is 2. The van der Waals surface area contributed by atoms with Crippen molar-refractivity contribution in [1.29, 1.82) is 5.41 Å². The van der Waals surface area contributed by atoms with Crippen LogP contribution in [-0.4, -0.2) is 53.9 Å². The number of rotatable bonds is 11. The molecule has 0 aliphatic rings. The lowest BCUT2D eigenvalue weighted by molar-refractivity contribution is 0.192. The van der Waals surface area contributed by atoms with Crippen molar-refractivity contribution >= 4 is 23.6 Å². The van der Waals surface area contributed by atoms with Gasteiger partial charge in [0.05, 0.1) is 11.3 Å². The number of amides is 2. The van der Waals surface area contributed by atoms with Gasteiger partial charge in [0, 0.05) is 26.3 Å². The standard InChI is InChI=1S/C24H29FN8O3/c1-33(22(26)27)12-4-11-28-13-16-7-9-17(10-8-16)18-14-29-23(31-21(18)34)32-24(35)30-19-5-2-3-6-20(19)36-15-25/h2-3,5-10,14,28H,4,11-13,15H2,1H3,(H3,26,27)(H3,29,30,31,32,34,35). The maximum atomic E-state index is 12.5. The number of carbonyl (C=O) groups excluding carboxylic acids is 1. The third-order valence-corrected chi connectivity index (χ3v) is 5.23. The molecule has 12 heteroatoms. The van der Waals surface area contributed by atoms with Crippen molar-refractivity contribution in [2.45, 2.75) is 13.0 Å². The Balaban J connectivity index is 1.54. The molecule has 0 fully saturated rings. The van der Waals surface area contributed by atoms with Crippen LogP contribution in [-0.2, 0) is 6.54 Å². The number of halogens is 1. The number of alkyl halides is 1. The fourth-order valence-electron chi connectivity index (χ4n) is 3.28. The summed E-state index contributed by atoms with van der Waals surface area (Å²) in [5.74, 6) is 0.181. The van der Waals surface area contributed by atoms with Gasteiger partial charge in [-0.3, -0.25) is 15.5 Å². The molecule has 0 bridgehead atoms. The second kappa shape index (κ2) is 12.9.